The molecule has 2 aromatic carbocycles. The summed E-state index contributed by atoms with van der Waals surface area (Å²) in [5.74, 6) is -1.33. The minimum absolute atomic E-state index is 0.0675. The number of phenols is 1. The Morgan fingerprint density at radius 3 is 2.54 bits per heavy atom. The highest BCUT2D eigenvalue weighted by Crippen LogP contribution is 2.39. The number of halogens is 1. The monoisotopic (exact) mass is 532 g/mol. The number of Topliss-reactive ketones (excluding diaryl/α,β-unsaturated/α-hetero) is 2. The Morgan fingerprint density at radius 2 is 1.89 bits per heavy atom. The fraction of sp³-hybridized carbons (Fsp3) is 0.464. The molecule has 0 saturated heterocycles. The Labute approximate surface area is 220 Å². The lowest BCUT2D eigenvalue weighted by Crippen LogP contribution is -2.43. The third kappa shape index (κ3) is 7.11. The number of ketones is 2. The van der Waals surface area contributed by atoms with Crippen LogP contribution in [0.4, 0.5) is 4.39 Å². The van der Waals surface area contributed by atoms with Crippen LogP contribution in [0, 0.1) is 5.82 Å². The Morgan fingerprint density at radius 1 is 1.14 bits per heavy atom. The number of hydrogen-bond donors (Lipinski definition) is 2. The lowest BCUT2D eigenvalue weighted by Gasteiger charge is -2.35. The quantitative estimate of drug-likeness (QED) is 0.297. The summed E-state index contributed by atoms with van der Waals surface area (Å²) in [6.07, 6.45) is 1.65. The molecule has 0 bridgehead atoms. The molecule has 3 rings (SSSR count). The minimum atomic E-state index is -0.899. The Balaban J connectivity index is 1.71. The van der Waals surface area contributed by atoms with Crippen LogP contribution in [0.1, 0.15) is 78.7 Å². The fourth-order valence-corrected chi connectivity index (χ4v) is 5.66. The second-order valence-corrected chi connectivity index (χ2v) is 10.4. The number of aliphatic hydroxyl groups is 1. The maximum Gasteiger partial charge on any atom is 0.305 e. The molecule has 7 nitrogen and oxygen atoms in total. The van der Waals surface area contributed by atoms with E-state index in [0.717, 1.165) is 18.9 Å². The summed E-state index contributed by atoms with van der Waals surface area (Å²) in [6.45, 7) is 3.35. The number of aromatic hydroxyl groups is 1. The summed E-state index contributed by atoms with van der Waals surface area (Å²) >= 11 is 1.20. The van der Waals surface area contributed by atoms with Crippen molar-refractivity contribution >= 4 is 29.3 Å². The first kappa shape index (κ1) is 28.7. The van der Waals surface area contributed by atoms with Crippen molar-refractivity contribution in [3.8, 4) is 11.5 Å². The van der Waals surface area contributed by atoms with Crippen molar-refractivity contribution in [2.45, 2.75) is 81.1 Å². The highest BCUT2D eigenvalue weighted by Gasteiger charge is 2.35. The van der Waals surface area contributed by atoms with Gasteiger partial charge in [0, 0.05) is 27.7 Å². The van der Waals surface area contributed by atoms with Gasteiger partial charge in [-0.15, -0.1) is 11.8 Å². The van der Waals surface area contributed by atoms with Gasteiger partial charge in [-0.3, -0.25) is 14.4 Å². The lowest BCUT2D eigenvalue weighted by molar-refractivity contribution is -0.140. The van der Waals surface area contributed by atoms with Crippen molar-refractivity contribution in [1.82, 2.24) is 0 Å². The van der Waals surface area contributed by atoms with Crippen LogP contribution in [0.15, 0.2) is 35.2 Å². The molecule has 200 valence electrons. The van der Waals surface area contributed by atoms with Crippen LogP contribution in [0.2, 0.25) is 0 Å². The zero-order valence-corrected chi connectivity index (χ0v) is 22.1. The van der Waals surface area contributed by atoms with Crippen molar-refractivity contribution in [1.29, 1.82) is 0 Å². The maximum atomic E-state index is 14.9. The summed E-state index contributed by atoms with van der Waals surface area (Å²) in [7, 11) is 1.24. The van der Waals surface area contributed by atoms with Gasteiger partial charge in [-0.25, -0.2) is 4.39 Å². The predicted octanol–water partition coefficient (Wildman–Crippen LogP) is 5.28. The van der Waals surface area contributed by atoms with E-state index >= 15 is 0 Å². The van der Waals surface area contributed by atoms with E-state index in [4.69, 9.17) is 4.74 Å². The predicted molar refractivity (Wildman–Crippen MR) is 138 cm³/mol. The van der Waals surface area contributed by atoms with Crippen LogP contribution < -0.4 is 4.74 Å². The van der Waals surface area contributed by atoms with E-state index in [9.17, 15) is 29.0 Å². The van der Waals surface area contributed by atoms with Gasteiger partial charge in [0.15, 0.2) is 11.6 Å². The Bertz CT molecular complexity index is 1150. The van der Waals surface area contributed by atoms with Gasteiger partial charge in [0.05, 0.1) is 19.1 Å². The average molecular weight is 533 g/mol. The molecular weight excluding hydrogens is 499 g/mol. The van der Waals surface area contributed by atoms with Gasteiger partial charge in [0.1, 0.15) is 29.5 Å². The molecule has 1 fully saturated rings. The summed E-state index contributed by atoms with van der Waals surface area (Å²) in [4.78, 5) is 35.7. The number of esters is 1. The van der Waals surface area contributed by atoms with Crippen LogP contribution in [0.3, 0.4) is 0 Å². The van der Waals surface area contributed by atoms with Gasteiger partial charge in [-0.2, -0.15) is 0 Å². The molecule has 0 spiro atoms. The Hall–Kier alpha value is -2.91. The molecule has 37 heavy (non-hydrogen) atoms. The van der Waals surface area contributed by atoms with E-state index in [1.165, 1.54) is 44.0 Å². The first-order chi connectivity index (χ1) is 17.7. The molecule has 3 atom stereocenters. The van der Waals surface area contributed by atoms with Crippen molar-refractivity contribution in [2.75, 3.05) is 7.11 Å². The molecular formula is C28H33FO7S. The molecule has 0 amide bonds. The average Bonchev–Trinajstić information content (AvgIpc) is 2.87. The van der Waals surface area contributed by atoms with E-state index in [-0.39, 0.29) is 46.5 Å². The van der Waals surface area contributed by atoms with Crippen molar-refractivity contribution in [3.05, 3.63) is 52.8 Å². The largest absolute Gasteiger partial charge is 0.507 e. The van der Waals surface area contributed by atoms with Crippen LogP contribution in [-0.2, 0) is 16.0 Å². The zero-order chi connectivity index (χ0) is 27.1. The number of aliphatic hydroxyl groups excluding tert-OH is 1. The number of benzene rings is 2. The number of methoxy groups -OCH3 is 1. The smallest absolute Gasteiger partial charge is 0.305 e. The molecule has 9 heteroatoms. The number of ether oxygens (including phenoxy) is 2. The van der Waals surface area contributed by atoms with Gasteiger partial charge >= 0.3 is 5.97 Å². The van der Waals surface area contributed by atoms with E-state index in [0.29, 0.717) is 35.5 Å². The summed E-state index contributed by atoms with van der Waals surface area (Å²) in [6, 6.07) is 7.37. The molecule has 2 aromatic rings. The van der Waals surface area contributed by atoms with Crippen LogP contribution in [0.25, 0.3) is 0 Å². The number of rotatable bonds is 11. The van der Waals surface area contributed by atoms with Crippen molar-refractivity contribution in [3.63, 3.8) is 0 Å². The first-order valence-corrected chi connectivity index (χ1v) is 13.3. The number of thioether (sulfide) groups is 1. The molecule has 3 unspecified atom stereocenters. The van der Waals surface area contributed by atoms with Crippen LogP contribution in [-0.4, -0.2) is 52.3 Å². The van der Waals surface area contributed by atoms with Gasteiger partial charge in [-0.05, 0) is 56.9 Å². The fourth-order valence-electron chi connectivity index (χ4n) is 4.42. The van der Waals surface area contributed by atoms with E-state index < -0.39 is 24.0 Å². The van der Waals surface area contributed by atoms with E-state index in [1.807, 2.05) is 6.92 Å². The molecule has 0 aliphatic heterocycles. The van der Waals surface area contributed by atoms with Gasteiger partial charge in [0.2, 0.25) is 0 Å². The maximum absolute atomic E-state index is 14.9. The van der Waals surface area contributed by atoms with Gasteiger partial charge < -0.3 is 19.7 Å². The molecule has 1 saturated carbocycles. The topological polar surface area (TPSA) is 110 Å². The van der Waals surface area contributed by atoms with Gasteiger partial charge in [0.25, 0.3) is 0 Å². The minimum Gasteiger partial charge on any atom is -0.507 e. The summed E-state index contributed by atoms with van der Waals surface area (Å²) in [5, 5.41) is 21.4. The highest BCUT2D eigenvalue weighted by atomic mass is 32.2. The van der Waals surface area contributed by atoms with Crippen molar-refractivity contribution < 1.29 is 38.5 Å². The Kier molecular flexibility index (Phi) is 10.1. The number of carbonyl (C=O) groups excluding carboxylic acids is 3. The summed E-state index contributed by atoms with van der Waals surface area (Å²) < 4.78 is 25.5. The highest BCUT2D eigenvalue weighted by molar-refractivity contribution is 8.00. The summed E-state index contributed by atoms with van der Waals surface area (Å²) in [5.41, 5.74) is 0.945. The number of hydrogen-bond acceptors (Lipinski definition) is 8. The SMILES string of the molecule is CCCc1c(OC2CCCC(Sc3ccc(C(=O)CCC(=O)OC)cc3F)C2O)ccc(C(C)=O)c1O. The third-order valence-corrected chi connectivity index (χ3v) is 7.85. The standard InChI is InChI=1S/C28H33FO7S/c1-4-6-19-22(12-10-18(16(2)30)27(19)33)36-23-7-5-8-25(28(23)34)37-24-13-9-17(15-20(24)29)21(31)11-14-26(32)35-3/h9-10,12-13,15,23,25,28,33-34H,4-8,11,14H2,1-3H3. The van der Waals surface area contributed by atoms with Crippen LogP contribution in [0.5, 0.6) is 11.5 Å². The zero-order valence-electron chi connectivity index (χ0n) is 21.3. The normalized spacial score (nSPS) is 19.3. The lowest BCUT2D eigenvalue weighted by atomic mass is 9.93. The molecule has 2 N–H and O–H groups in total. The molecule has 0 heterocycles. The second kappa shape index (κ2) is 13.1. The number of carbonyl (C=O) groups is 3. The third-order valence-electron chi connectivity index (χ3n) is 6.45. The molecule has 1 aliphatic carbocycles. The molecule has 0 aromatic heterocycles. The van der Waals surface area contributed by atoms with Crippen LogP contribution >= 0.6 is 11.8 Å². The van der Waals surface area contributed by atoms with E-state index in [2.05, 4.69) is 4.74 Å². The van der Waals surface area contributed by atoms with E-state index in [1.54, 1.807) is 6.07 Å². The molecule has 0 radical (unpaired) electrons. The van der Waals surface area contributed by atoms with Gasteiger partial charge in [-0.1, -0.05) is 19.4 Å². The number of phenolic OH excluding ortho intramolecular Hbond substituents is 1. The second-order valence-electron chi connectivity index (χ2n) is 9.12. The first-order valence-electron chi connectivity index (χ1n) is 12.4. The molecule has 1 aliphatic rings. The van der Waals surface area contributed by atoms with Crippen molar-refractivity contribution in [2.24, 2.45) is 0 Å².